The van der Waals surface area contributed by atoms with Crippen molar-refractivity contribution in [3.05, 3.63) is 40.1 Å². The van der Waals surface area contributed by atoms with Gasteiger partial charge in [0.25, 0.3) is 5.69 Å². The summed E-state index contributed by atoms with van der Waals surface area (Å²) in [4.78, 5) is 37.8. The molecule has 1 aromatic carbocycles. The number of amides is 1. The van der Waals surface area contributed by atoms with Crippen molar-refractivity contribution >= 4 is 28.5 Å². The zero-order valence-electron chi connectivity index (χ0n) is 12.6. The molecule has 0 atom stereocenters. The van der Waals surface area contributed by atoms with Crippen LogP contribution in [-0.2, 0) is 16.0 Å². The molecule has 0 saturated heterocycles. The predicted molar refractivity (Wildman–Crippen MR) is 83.2 cm³/mol. The zero-order chi connectivity index (χ0) is 17.0. The van der Waals surface area contributed by atoms with E-state index in [1.807, 2.05) is 6.92 Å². The molecular weight excluding hydrogens is 302 g/mol. The lowest BCUT2D eigenvalue weighted by Crippen LogP contribution is -2.37. The number of hydrogen-bond donors (Lipinski definition) is 2. The van der Waals surface area contributed by atoms with E-state index in [0.717, 1.165) is 0 Å². The second kappa shape index (κ2) is 6.91. The summed E-state index contributed by atoms with van der Waals surface area (Å²) in [5.74, 6) is -1.39. The van der Waals surface area contributed by atoms with Gasteiger partial charge < -0.3 is 15.0 Å². The molecule has 0 fully saturated rings. The summed E-state index contributed by atoms with van der Waals surface area (Å²) in [7, 11) is 0. The zero-order valence-corrected chi connectivity index (χ0v) is 12.6. The van der Waals surface area contributed by atoms with Crippen molar-refractivity contribution < 1.29 is 19.6 Å². The lowest BCUT2D eigenvalue weighted by atomic mass is 10.1. The number of fused-ring (bicyclic) bond motifs is 1. The van der Waals surface area contributed by atoms with Crippen molar-refractivity contribution in [3.8, 4) is 0 Å². The maximum Gasteiger partial charge on any atom is 0.323 e. The Morgan fingerprint density at radius 3 is 2.74 bits per heavy atom. The molecule has 0 saturated carbocycles. The summed E-state index contributed by atoms with van der Waals surface area (Å²) in [6, 6.07) is 4.39. The van der Waals surface area contributed by atoms with Crippen LogP contribution in [0.1, 0.15) is 18.9 Å². The fourth-order valence-electron chi connectivity index (χ4n) is 2.43. The first-order chi connectivity index (χ1) is 10.9. The van der Waals surface area contributed by atoms with Gasteiger partial charge in [0.1, 0.15) is 6.54 Å². The number of carbonyl (C=O) groups excluding carboxylic acids is 1. The fourth-order valence-corrected chi connectivity index (χ4v) is 2.43. The van der Waals surface area contributed by atoms with E-state index in [0.29, 0.717) is 29.4 Å². The van der Waals surface area contributed by atoms with Gasteiger partial charge in [-0.3, -0.25) is 19.7 Å². The van der Waals surface area contributed by atoms with Gasteiger partial charge in [-0.05, 0) is 18.1 Å². The summed E-state index contributed by atoms with van der Waals surface area (Å²) >= 11 is 0. The lowest BCUT2D eigenvalue weighted by Gasteiger charge is -2.19. The Labute approximate surface area is 131 Å². The Hall–Kier alpha value is -2.90. The highest BCUT2D eigenvalue weighted by Crippen LogP contribution is 2.24. The minimum atomic E-state index is -1.07. The van der Waals surface area contributed by atoms with Crippen LogP contribution < -0.4 is 0 Å². The van der Waals surface area contributed by atoms with Crippen molar-refractivity contribution in [3.63, 3.8) is 0 Å². The van der Waals surface area contributed by atoms with Gasteiger partial charge in [-0.25, -0.2) is 0 Å². The fraction of sp³-hybridized carbons (Fsp3) is 0.333. The molecule has 0 radical (unpaired) electrons. The molecule has 2 rings (SSSR count). The minimum absolute atomic E-state index is 0.00551. The number of aromatic nitrogens is 1. The summed E-state index contributed by atoms with van der Waals surface area (Å²) < 4.78 is 0. The number of nitrogens with one attached hydrogen (secondary N) is 1. The van der Waals surface area contributed by atoms with Crippen LogP contribution in [-0.4, -0.2) is 44.9 Å². The number of non-ortho nitro benzene ring substituents is 1. The van der Waals surface area contributed by atoms with Gasteiger partial charge >= 0.3 is 5.97 Å². The summed E-state index contributed by atoms with van der Waals surface area (Å²) in [5.41, 5.74) is 1.25. The van der Waals surface area contributed by atoms with Gasteiger partial charge in [0.2, 0.25) is 5.91 Å². The van der Waals surface area contributed by atoms with Crippen molar-refractivity contribution in [2.24, 2.45) is 0 Å². The molecule has 0 bridgehead atoms. The maximum atomic E-state index is 12.3. The summed E-state index contributed by atoms with van der Waals surface area (Å²) in [6.07, 6.45) is 2.27. The number of carbonyl (C=O) groups is 2. The molecule has 0 aliphatic carbocycles. The van der Waals surface area contributed by atoms with Crippen LogP contribution in [0.25, 0.3) is 10.9 Å². The lowest BCUT2D eigenvalue weighted by molar-refractivity contribution is -0.384. The van der Waals surface area contributed by atoms with Crippen LogP contribution in [0.2, 0.25) is 0 Å². The first kappa shape index (κ1) is 16.5. The topological polar surface area (TPSA) is 117 Å². The molecule has 8 nitrogen and oxygen atoms in total. The van der Waals surface area contributed by atoms with Crippen molar-refractivity contribution in [1.29, 1.82) is 0 Å². The third-order valence-corrected chi connectivity index (χ3v) is 3.48. The Bertz CT molecular complexity index is 753. The third kappa shape index (κ3) is 3.85. The average molecular weight is 319 g/mol. The number of nitro groups is 1. The smallest absolute Gasteiger partial charge is 0.323 e. The average Bonchev–Trinajstić information content (AvgIpc) is 2.88. The van der Waals surface area contributed by atoms with E-state index in [9.17, 15) is 19.7 Å². The normalized spacial score (nSPS) is 10.7. The number of rotatable bonds is 7. The van der Waals surface area contributed by atoms with E-state index in [-0.39, 0.29) is 24.6 Å². The molecule has 0 aliphatic rings. The maximum absolute atomic E-state index is 12.3. The van der Waals surface area contributed by atoms with Gasteiger partial charge in [0.15, 0.2) is 0 Å². The van der Waals surface area contributed by atoms with Gasteiger partial charge in [-0.2, -0.15) is 0 Å². The number of aromatic amines is 1. The van der Waals surface area contributed by atoms with E-state index in [1.165, 1.54) is 17.0 Å². The molecule has 0 aliphatic heterocycles. The number of H-pyrrole nitrogens is 1. The van der Waals surface area contributed by atoms with Crippen LogP contribution in [0.15, 0.2) is 24.4 Å². The van der Waals surface area contributed by atoms with Crippen molar-refractivity contribution in [1.82, 2.24) is 9.88 Å². The van der Waals surface area contributed by atoms with Gasteiger partial charge in [-0.15, -0.1) is 0 Å². The standard InChI is InChI=1S/C15H17N3O5/c1-2-5-17(9-15(20)21)14(19)6-10-8-16-13-4-3-11(18(22)23)7-12(10)13/h3-4,7-8,16H,2,5-6,9H2,1H3,(H,20,21). The van der Waals surface area contributed by atoms with Crippen LogP contribution in [0.5, 0.6) is 0 Å². The molecular formula is C15H17N3O5. The predicted octanol–water partition coefficient (Wildman–Crippen LogP) is 1.94. The van der Waals surface area contributed by atoms with Crippen LogP contribution in [0, 0.1) is 10.1 Å². The highest BCUT2D eigenvalue weighted by Gasteiger charge is 2.18. The number of aliphatic carboxylic acids is 1. The van der Waals surface area contributed by atoms with E-state index < -0.39 is 10.9 Å². The van der Waals surface area contributed by atoms with E-state index in [1.54, 1.807) is 12.3 Å². The number of carboxylic acid groups (broad SMARTS) is 1. The molecule has 1 heterocycles. The molecule has 0 unspecified atom stereocenters. The second-order valence-corrected chi connectivity index (χ2v) is 5.19. The highest BCUT2D eigenvalue weighted by atomic mass is 16.6. The first-order valence-corrected chi connectivity index (χ1v) is 7.16. The monoisotopic (exact) mass is 319 g/mol. The molecule has 2 aromatic rings. The quantitative estimate of drug-likeness (QED) is 0.597. The van der Waals surface area contributed by atoms with Gasteiger partial charge in [0, 0.05) is 35.8 Å². The number of nitro benzene ring substituents is 1. The van der Waals surface area contributed by atoms with Gasteiger partial charge in [-0.1, -0.05) is 6.92 Å². The number of benzene rings is 1. The molecule has 8 heteroatoms. The molecule has 0 spiro atoms. The molecule has 1 aromatic heterocycles. The Balaban J connectivity index is 2.25. The molecule has 2 N–H and O–H groups in total. The second-order valence-electron chi connectivity index (χ2n) is 5.19. The van der Waals surface area contributed by atoms with Crippen LogP contribution in [0.4, 0.5) is 5.69 Å². The number of carboxylic acids is 1. The van der Waals surface area contributed by atoms with Crippen LogP contribution >= 0.6 is 0 Å². The first-order valence-electron chi connectivity index (χ1n) is 7.16. The van der Waals surface area contributed by atoms with E-state index in [4.69, 9.17) is 5.11 Å². The Kier molecular flexibility index (Phi) is 4.95. The molecule has 1 amide bonds. The SMILES string of the molecule is CCCN(CC(=O)O)C(=O)Cc1c[nH]c2ccc([N+](=O)[O-])cc12. The number of nitrogens with zero attached hydrogens (tertiary/aromatic N) is 2. The van der Waals surface area contributed by atoms with Gasteiger partial charge in [0.05, 0.1) is 11.3 Å². The van der Waals surface area contributed by atoms with Crippen molar-refractivity contribution in [2.75, 3.05) is 13.1 Å². The highest BCUT2D eigenvalue weighted by molar-refractivity contribution is 5.91. The molecule has 122 valence electrons. The largest absolute Gasteiger partial charge is 0.480 e. The van der Waals surface area contributed by atoms with Crippen molar-refractivity contribution in [2.45, 2.75) is 19.8 Å². The van der Waals surface area contributed by atoms with Crippen LogP contribution in [0.3, 0.4) is 0 Å². The summed E-state index contributed by atoms with van der Waals surface area (Å²) in [6.45, 7) is 1.86. The Morgan fingerprint density at radius 1 is 1.39 bits per heavy atom. The summed E-state index contributed by atoms with van der Waals surface area (Å²) in [5, 5.41) is 20.3. The Morgan fingerprint density at radius 2 is 2.13 bits per heavy atom. The minimum Gasteiger partial charge on any atom is -0.480 e. The van der Waals surface area contributed by atoms with E-state index >= 15 is 0 Å². The van der Waals surface area contributed by atoms with E-state index in [2.05, 4.69) is 4.98 Å². The molecule has 23 heavy (non-hydrogen) atoms. The number of hydrogen-bond acceptors (Lipinski definition) is 4. The third-order valence-electron chi connectivity index (χ3n) is 3.48.